The summed E-state index contributed by atoms with van der Waals surface area (Å²) < 4.78 is 47.5. The Morgan fingerprint density at radius 1 is 0.897 bits per heavy atom. The molecule has 198 valence electrons. The first-order chi connectivity index (χ1) is 18.7. The average Bonchev–Trinajstić information content (AvgIpc) is 3.32. The monoisotopic (exact) mass is 542 g/mol. The molecule has 0 aromatic heterocycles. The zero-order valence-electron chi connectivity index (χ0n) is 21.2. The lowest BCUT2D eigenvalue weighted by atomic mass is 9.93. The molecular formula is C31H27FN2O4S. The molecule has 0 aliphatic carbocycles. The summed E-state index contributed by atoms with van der Waals surface area (Å²) in [5.74, 6) is -0.354. The Morgan fingerprint density at radius 2 is 1.49 bits per heavy atom. The summed E-state index contributed by atoms with van der Waals surface area (Å²) in [6, 6.07) is 29.5. The van der Waals surface area contributed by atoms with Gasteiger partial charge in [-0.15, -0.1) is 0 Å². The van der Waals surface area contributed by atoms with Gasteiger partial charge in [-0.25, -0.2) is 12.8 Å². The van der Waals surface area contributed by atoms with Crippen LogP contribution in [0.4, 0.5) is 4.39 Å². The molecule has 0 amide bonds. The van der Waals surface area contributed by atoms with Crippen molar-refractivity contribution in [2.45, 2.75) is 30.3 Å². The van der Waals surface area contributed by atoms with Crippen molar-refractivity contribution in [3.8, 4) is 11.1 Å². The smallest absolute Gasteiger partial charge is 0.206 e. The van der Waals surface area contributed by atoms with E-state index in [-0.39, 0.29) is 27.8 Å². The lowest BCUT2D eigenvalue weighted by Gasteiger charge is -2.26. The number of hydrogen-bond acceptors (Lipinski definition) is 5. The molecule has 8 heteroatoms. The molecule has 1 heterocycles. The fourth-order valence-electron chi connectivity index (χ4n) is 4.78. The molecule has 1 aliphatic heterocycles. The van der Waals surface area contributed by atoms with E-state index in [1.54, 1.807) is 24.3 Å². The summed E-state index contributed by atoms with van der Waals surface area (Å²) in [6.07, 6.45) is 0.598. The van der Waals surface area contributed by atoms with Gasteiger partial charge in [0.2, 0.25) is 9.84 Å². The van der Waals surface area contributed by atoms with Gasteiger partial charge in [-0.3, -0.25) is 0 Å². The summed E-state index contributed by atoms with van der Waals surface area (Å²) in [5.41, 5.74) is 9.04. The Morgan fingerprint density at radius 3 is 2.10 bits per heavy atom. The van der Waals surface area contributed by atoms with E-state index in [1.807, 2.05) is 61.5 Å². The fourth-order valence-corrected chi connectivity index (χ4v) is 6.46. The van der Waals surface area contributed by atoms with E-state index in [1.165, 1.54) is 12.1 Å². The van der Waals surface area contributed by atoms with Gasteiger partial charge in [0.15, 0.2) is 5.84 Å². The zero-order valence-corrected chi connectivity index (χ0v) is 22.0. The van der Waals surface area contributed by atoms with E-state index in [9.17, 15) is 12.8 Å². The van der Waals surface area contributed by atoms with Crippen LogP contribution in [0.25, 0.3) is 16.9 Å². The molecule has 0 saturated heterocycles. The predicted molar refractivity (Wildman–Crippen MR) is 149 cm³/mol. The van der Waals surface area contributed by atoms with Crippen LogP contribution in [0, 0.1) is 5.82 Å². The topological polar surface area (TPSA) is 102 Å². The van der Waals surface area contributed by atoms with Crippen molar-refractivity contribution in [1.29, 1.82) is 0 Å². The van der Waals surface area contributed by atoms with Gasteiger partial charge < -0.3 is 15.7 Å². The van der Waals surface area contributed by atoms with Crippen molar-refractivity contribution in [3.63, 3.8) is 0 Å². The highest BCUT2D eigenvalue weighted by molar-refractivity contribution is 7.95. The lowest BCUT2D eigenvalue weighted by molar-refractivity contribution is 0.0800. The maximum Gasteiger partial charge on any atom is 0.206 e. The minimum Gasteiger partial charge on any atom is -0.485 e. The van der Waals surface area contributed by atoms with Crippen molar-refractivity contribution in [2.24, 2.45) is 10.9 Å². The van der Waals surface area contributed by atoms with Crippen LogP contribution in [0.3, 0.4) is 0 Å². The van der Waals surface area contributed by atoms with Crippen LogP contribution < -0.4 is 5.73 Å². The van der Waals surface area contributed by atoms with Gasteiger partial charge in [0.1, 0.15) is 17.2 Å². The molecule has 1 aliphatic rings. The van der Waals surface area contributed by atoms with E-state index in [0.717, 1.165) is 28.8 Å². The molecule has 5 rings (SSSR count). The summed E-state index contributed by atoms with van der Waals surface area (Å²) in [7, 11) is -3.99. The largest absolute Gasteiger partial charge is 0.485 e. The highest BCUT2D eigenvalue weighted by Crippen LogP contribution is 2.45. The molecule has 1 atom stereocenters. The van der Waals surface area contributed by atoms with Crippen LogP contribution in [-0.4, -0.2) is 25.1 Å². The number of halogens is 1. The zero-order chi connectivity index (χ0) is 27.6. The first-order valence-corrected chi connectivity index (χ1v) is 13.8. The average molecular weight is 543 g/mol. The van der Waals surface area contributed by atoms with Crippen LogP contribution in [0.5, 0.6) is 0 Å². The van der Waals surface area contributed by atoms with Gasteiger partial charge in [0.25, 0.3) is 0 Å². The first kappa shape index (κ1) is 26.2. The van der Waals surface area contributed by atoms with Crippen LogP contribution in [0.2, 0.25) is 0 Å². The highest BCUT2D eigenvalue weighted by atomic mass is 32.2. The minimum atomic E-state index is -3.99. The second kappa shape index (κ2) is 10.4. The van der Waals surface area contributed by atoms with Crippen molar-refractivity contribution in [3.05, 3.63) is 131 Å². The third-order valence-electron chi connectivity index (χ3n) is 6.77. The third kappa shape index (κ3) is 5.42. The number of rotatable bonds is 7. The summed E-state index contributed by atoms with van der Waals surface area (Å²) in [6.45, 7) is 1.88. The molecule has 6 nitrogen and oxygen atoms in total. The number of nitrogens with zero attached hydrogens (tertiary/aromatic N) is 1. The normalized spacial score (nSPS) is 17.7. The minimum absolute atomic E-state index is 0.00950. The summed E-state index contributed by atoms with van der Waals surface area (Å²) in [4.78, 5) is 0.110. The first-order valence-electron chi connectivity index (χ1n) is 12.3. The number of amidine groups is 1. The van der Waals surface area contributed by atoms with Crippen molar-refractivity contribution in [1.82, 2.24) is 0 Å². The molecular weight excluding hydrogens is 515 g/mol. The highest BCUT2D eigenvalue weighted by Gasteiger charge is 2.43. The van der Waals surface area contributed by atoms with Gasteiger partial charge in [-0.1, -0.05) is 84.0 Å². The van der Waals surface area contributed by atoms with E-state index in [2.05, 4.69) is 5.16 Å². The van der Waals surface area contributed by atoms with E-state index >= 15 is 0 Å². The number of ether oxygens (including phenoxy) is 1. The predicted octanol–water partition coefficient (Wildman–Crippen LogP) is 6.15. The standard InChI is InChI=1S/C31H27FN2O4S/c1-31(19-21-7-9-23(10-8-21)22-5-3-2-4-6-22)20-28(39(36,37)27-17-15-26(32)16-18-27)29(38-31)24-11-13-25(14-12-24)30(33)34-35/h2-18,35H,19-20H2,1H3,(H2,33,34). The van der Waals surface area contributed by atoms with Crippen molar-refractivity contribution in [2.75, 3.05) is 0 Å². The maximum absolute atomic E-state index is 13.8. The Bertz CT molecular complexity index is 1650. The van der Waals surface area contributed by atoms with Crippen molar-refractivity contribution < 1.29 is 22.8 Å². The van der Waals surface area contributed by atoms with Gasteiger partial charge in [-0.05, 0) is 47.9 Å². The number of nitrogens with two attached hydrogens (primary N) is 1. The van der Waals surface area contributed by atoms with E-state index < -0.39 is 21.3 Å². The van der Waals surface area contributed by atoms with Crippen LogP contribution >= 0.6 is 0 Å². The van der Waals surface area contributed by atoms with Gasteiger partial charge in [-0.2, -0.15) is 0 Å². The maximum atomic E-state index is 13.8. The van der Waals surface area contributed by atoms with Gasteiger partial charge >= 0.3 is 0 Å². The number of benzene rings is 4. The number of hydrogen-bond donors (Lipinski definition) is 2. The second-order valence-electron chi connectivity index (χ2n) is 9.74. The van der Waals surface area contributed by atoms with Crippen molar-refractivity contribution >= 4 is 21.4 Å². The van der Waals surface area contributed by atoms with E-state index in [0.29, 0.717) is 17.5 Å². The van der Waals surface area contributed by atoms with Gasteiger partial charge in [0.05, 0.1) is 9.80 Å². The van der Waals surface area contributed by atoms with E-state index in [4.69, 9.17) is 15.7 Å². The third-order valence-corrected chi connectivity index (χ3v) is 8.65. The fraction of sp³-hybridized carbons (Fsp3) is 0.129. The summed E-state index contributed by atoms with van der Waals surface area (Å²) in [5, 5.41) is 12.0. The molecule has 4 aromatic carbocycles. The Hall–Kier alpha value is -4.43. The Kier molecular flexibility index (Phi) is 6.97. The quantitative estimate of drug-likeness (QED) is 0.0959. The Balaban J connectivity index is 1.49. The molecule has 0 saturated carbocycles. The number of oxime groups is 1. The molecule has 0 fully saturated rings. The van der Waals surface area contributed by atoms with Crippen LogP contribution in [-0.2, 0) is 21.0 Å². The van der Waals surface area contributed by atoms with Crippen LogP contribution in [0.15, 0.2) is 118 Å². The molecule has 0 bridgehead atoms. The van der Waals surface area contributed by atoms with Gasteiger partial charge in [0, 0.05) is 24.0 Å². The molecule has 3 N–H and O–H groups in total. The summed E-state index contributed by atoms with van der Waals surface area (Å²) >= 11 is 0. The molecule has 4 aromatic rings. The SMILES string of the molecule is CC1(Cc2ccc(-c3ccccc3)cc2)CC(S(=O)(=O)c2ccc(F)cc2)=C(c2ccc(/C(N)=N/O)cc2)O1. The second-order valence-corrected chi connectivity index (χ2v) is 11.7. The molecule has 0 spiro atoms. The molecule has 39 heavy (non-hydrogen) atoms. The number of sulfone groups is 1. The lowest BCUT2D eigenvalue weighted by Crippen LogP contribution is -2.27. The Labute approximate surface area is 226 Å². The molecule has 0 radical (unpaired) electrons. The molecule has 1 unspecified atom stereocenters. The van der Waals surface area contributed by atoms with Crippen LogP contribution in [0.1, 0.15) is 30.0 Å².